The monoisotopic (exact) mass is 314 g/mol. The maximum atomic E-state index is 13.7. The molecular weight excluding hydrogens is 298 g/mol. The normalized spacial score (nSPS) is 14.9. The van der Waals surface area contributed by atoms with Crippen LogP contribution in [-0.2, 0) is 4.74 Å². The van der Waals surface area contributed by atoms with Gasteiger partial charge in [-0.3, -0.25) is 4.79 Å². The van der Waals surface area contributed by atoms with E-state index < -0.39 is 34.9 Å². The van der Waals surface area contributed by atoms with Gasteiger partial charge >= 0.3 is 6.09 Å². The zero-order chi connectivity index (χ0) is 16.3. The third kappa shape index (κ3) is 3.26. The maximum absolute atomic E-state index is 13.7. The average Bonchev–Trinajstić information content (AvgIpc) is 2.46. The van der Waals surface area contributed by atoms with Crippen LogP contribution in [0.1, 0.15) is 17.3 Å². The SMILES string of the molecule is CCOC(=O)N1CCN(C(=O)c2c(O)cc(F)cc2F)CC1. The highest BCUT2D eigenvalue weighted by Crippen LogP contribution is 2.24. The smallest absolute Gasteiger partial charge is 0.409 e. The molecule has 0 aromatic heterocycles. The van der Waals surface area contributed by atoms with Gasteiger partial charge in [-0.1, -0.05) is 0 Å². The van der Waals surface area contributed by atoms with Gasteiger partial charge in [0.1, 0.15) is 22.9 Å². The minimum atomic E-state index is -1.12. The van der Waals surface area contributed by atoms with E-state index in [1.165, 1.54) is 9.80 Å². The molecule has 0 spiro atoms. The highest BCUT2D eigenvalue weighted by Gasteiger charge is 2.28. The Labute approximate surface area is 125 Å². The van der Waals surface area contributed by atoms with E-state index in [2.05, 4.69) is 0 Å². The number of benzene rings is 1. The highest BCUT2D eigenvalue weighted by atomic mass is 19.1. The van der Waals surface area contributed by atoms with E-state index in [4.69, 9.17) is 4.74 Å². The summed E-state index contributed by atoms with van der Waals surface area (Å²) in [6, 6.07) is 1.23. The van der Waals surface area contributed by atoms with Gasteiger partial charge in [0.25, 0.3) is 5.91 Å². The van der Waals surface area contributed by atoms with Crippen LogP contribution in [-0.4, -0.2) is 59.7 Å². The standard InChI is InChI=1S/C14H16F2N2O4/c1-2-22-14(21)18-5-3-17(4-6-18)13(20)12-10(16)7-9(15)8-11(12)19/h7-8,19H,2-6H2,1H3. The van der Waals surface area contributed by atoms with Crippen molar-refractivity contribution in [3.63, 3.8) is 0 Å². The Kier molecular flexibility index (Phi) is 4.79. The summed E-state index contributed by atoms with van der Waals surface area (Å²) in [5.41, 5.74) is -0.564. The molecule has 1 aliphatic rings. The molecule has 2 rings (SSSR count). The fourth-order valence-electron chi connectivity index (χ4n) is 2.24. The molecule has 0 bridgehead atoms. The van der Waals surface area contributed by atoms with Crippen molar-refractivity contribution < 1.29 is 28.2 Å². The largest absolute Gasteiger partial charge is 0.507 e. The van der Waals surface area contributed by atoms with Gasteiger partial charge < -0.3 is 19.6 Å². The Balaban J connectivity index is 2.06. The summed E-state index contributed by atoms with van der Waals surface area (Å²) in [6.45, 7) is 2.79. The fraction of sp³-hybridized carbons (Fsp3) is 0.429. The first-order valence-corrected chi connectivity index (χ1v) is 6.83. The highest BCUT2D eigenvalue weighted by molar-refractivity contribution is 5.97. The molecule has 1 saturated heterocycles. The Morgan fingerprint density at radius 2 is 1.77 bits per heavy atom. The Morgan fingerprint density at radius 1 is 1.18 bits per heavy atom. The number of aromatic hydroxyl groups is 1. The summed E-state index contributed by atoms with van der Waals surface area (Å²) in [7, 11) is 0. The molecule has 1 aliphatic heterocycles. The first-order chi connectivity index (χ1) is 10.4. The van der Waals surface area contributed by atoms with Gasteiger partial charge in [-0.05, 0) is 6.92 Å². The summed E-state index contributed by atoms with van der Waals surface area (Å²) in [5.74, 6) is -3.55. The van der Waals surface area contributed by atoms with Crippen molar-refractivity contribution in [2.45, 2.75) is 6.92 Å². The van der Waals surface area contributed by atoms with Crippen LogP contribution < -0.4 is 0 Å². The van der Waals surface area contributed by atoms with Crippen LogP contribution in [0.5, 0.6) is 5.75 Å². The second-order valence-electron chi connectivity index (χ2n) is 4.76. The minimum Gasteiger partial charge on any atom is -0.507 e. The molecule has 0 saturated carbocycles. The van der Waals surface area contributed by atoms with Crippen molar-refractivity contribution in [2.75, 3.05) is 32.8 Å². The summed E-state index contributed by atoms with van der Waals surface area (Å²) >= 11 is 0. The molecule has 0 aliphatic carbocycles. The number of ether oxygens (including phenoxy) is 1. The van der Waals surface area contributed by atoms with Crippen molar-refractivity contribution >= 4 is 12.0 Å². The van der Waals surface area contributed by atoms with Crippen LogP contribution >= 0.6 is 0 Å². The lowest BCUT2D eigenvalue weighted by Gasteiger charge is -2.34. The quantitative estimate of drug-likeness (QED) is 0.900. The zero-order valence-electron chi connectivity index (χ0n) is 12.0. The Bertz CT molecular complexity index is 563. The number of halogens is 2. The third-order valence-corrected chi connectivity index (χ3v) is 3.34. The van der Waals surface area contributed by atoms with E-state index in [0.29, 0.717) is 12.1 Å². The number of phenolic OH excluding ortho intramolecular Hbond substituents is 1. The van der Waals surface area contributed by atoms with Crippen LogP contribution in [0.4, 0.5) is 13.6 Å². The molecule has 1 N–H and O–H groups in total. The van der Waals surface area contributed by atoms with E-state index in [1.807, 2.05) is 0 Å². The summed E-state index contributed by atoms with van der Waals surface area (Å²) in [5, 5.41) is 9.57. The number of rotatable bonds is 2. The van der Waals surface area contributed by atoms with E-state index >= 15 is 0 Å². The number of nitrogens with zero attached hydrogens (tertiary/aromatic N) is 2. The first-order valence-electron chi connectivity index (χ1n) is 6.83. The molecule has 1 heterocycles. The van der Waals surface area contributed by atoms with Gasteiger partial charge in [0.05, 0.1) is 6.61 Å². The van der Waals surface area contributed by atoms with E-state index in [1.54, 1.807) is 6.92 Å². The molecule has 8 heteroatoms. The number of hydrogen-bond donors (Lipinski definition) is 1. The van der Waals surface area contributed by atoms with Gasteiger partial charge in [-0.25, -0.2) is 13.6 Å². The molecule has 22 heavy (non-hydrogen) atoms. The Hall–Kier alpha value is -2.38. The van der Waals surface area contributed by atoms with Crippen molar-refractivity contribution in [1.82, 2.24) is 9.80 Å². The lowest BCUT2D eigenvalue weighted by molar-refractivity contribution is 0.0564. The van der Waals surface area contributed by atoms with Crippen LogP contribution in [0, 0.1) is 11.6 Å². The molecule has 6 nitrogen and oxygen atoms in total. The summed E-state index contributed by atoms with van der Waals surface area (Å²) in [6.07, 6.45) is -0.467. The third-order valence-electron chi connectivity index (χ3n) is 3.34. The average molecular weight is 314 g/mol. The van der Waals surface area contributed by atoms with Crippen molar-refractivity contribution in [3.8, 4) is 5.75 Å². The molecule has 1 aromatic rings. The van der Waals surface area contributed by atoms with Crippen molar-refractivity contribution in [2.24, 2.45) is 0 Å². The maximum Gasteiger partial charge on any atom is 0.409 e. The van der Waals surface area contributed by atoms with Crippen LogP contribution in [0.25, 0.3) is 0 Å². The van der Waals surface area contributed by atoms with Crippen LogP contribution in [0.15, 0.2) is 12.1 Å². The zero-order valence-corrected chi connectivity index (χ0v) is 12.0. The lowest BCUT2D eigenvalue weighted by Crippen LogP contribution is -2.50. The predicted molar refractivity (Wildman–Crippen MR) is 72.5 cm³/mol. The van der Waals surface area contributed by atoms with Crippen molar-refractivity contribution in [1.29, 1.82) is 0 Å². The number of carbonyl (C=O) groups excluding carboxylic acids is 2. The minimum absolute atomic E-state index is 0.175. The molecule has 0 atom stereocenters. The van der Waals surface area contributed by atoms with Crippen molar-refractivity contribution in [3.05, 3.63) is 29.3 Å². The number of carbonyl (C=O) groups is 2. The van der Waals surface area contributed by atoms with Gasteiger partial charge in [0.2, 0.25) is 0 Å². The molecule has 1 fully saturated rings. The van der Waals surface area contributed by atoms with E-state index in [-0.39, 0.29) is 32.8 Å². The second-order valence-corrected chi connectivity index (χ2v) is 4.76. The molecule has 120 valence electrons. The fourth-order valence-corrected chi connectivity index (χ4v) is 2.24. The molecule has 1 aromatic carbocycles. The summed E-state index contributed by atoms with van der Waals surface area (Å²) < 4.78 is 31.5. The number of hydrogen-bond acceptors (Lipinski definition) is 4. The topological polar surface area (TPSA) is 70.1 Å². The van der Waals surface area contributed by atoms with Crippen LogP contribution in [0.2, 0.25) is 0 Å². The number of phenols is 1. The van der Waals surface area contributed by atoms with E-state index in [9.17, 15) is 23.5 Å². The lowest BCUT2D eigenvalue weighted by atomic mass is 10.1. The van der Waals surface area contributed by atoms with Gasteiger partial charge in [0.15, 0.2) is 0 Å². The number of amides is 2. The van der Waals surface area contributed by atoms with Gasteiger partial charge in [-0.2, -0.15) is 0 Å². The Morgan fingerprint density at radius 3 is 2.32 bits per heavy atom. The molecule has 0 radical (unpaired) electrons. The van der Waals surface area contributed by atoms with Gasteiger partial charge in [0, 0.05) is 38.3 Å². The molecular formula is C14H16F2N2O4. The van der Waals surface area contributed by atoms with E-state index in [0.717, 1.165) is 0 Å². The molecule has 2 amide bonds. The van der Waals surface area contributed by atoms with Crippen LogP contribution in [0.3, 0.4) is 0 Å². The number of piperazine rings is 1. The predicted octanol–water partition coefficient (Wildman–Crippen LogP) is 1.58. The molecule has 0 unspecified atom stereocenters. The second kappa shape index (κ2) is 6.59. The summed E-state index contributed by atoms with van der Waals surface area (Å²) in [4.78, 5) is 26.5. The van der Waals surface area contributed by atoms with Gasteiger partial charge in [-0.15, -0.1) is 0 Å². The first kappa shape index (κ1) is 16.0.